The Balaban J connectivity index is 0.00000104. The zero-order valence-corrected chi connectivity index (χ0v) is 14.9. The zero-order chi connectivity index (χ0) is 14.9. The van der Waals surface area contributed by atoms with Crippen LogP contribution in [0.1, 0.15) is 12.2 Å². The van der Waals surface area contributed by atoms with Gasteiger partial charge in [0.25, 0.3) is 0 Å². The summed E-state index contributed by atoms with van der Waals surface area (Å²) in [6, 6.07) is 10.1. The Bertz CT molecular complexity index is 685. The van der Waals surface area contributed by atoms with E-state index in [-0.39, 0.29) is 36.6 Å². The number of carbonyl (C=O) groups excluding carboxylic acids is 1. The number of fused-ring (bicyclic) bond motifs is 1. The maximum atomic E-state index is 12.5. The number of carbonyl (C=O) groups is 1. The van der Waals surface area contributed by atoms with Gasteiger partial charge in [-0.25, -0.2) is 0 Å². The molecule has 6 nitrogen and oxygen atoms in total. The summed E-state index contributed by atoms with van der Waals surface area (Å²) in [6.07, 6.45) is 0.942. The highest BCUT2D eigenvalue weighted by Crippen LogP contribution is 2.23. The third-order valence-corrected chi connectivity index (χ3v) is 4.51. The molecule has 0 saturated carbocycles. The first-order chi connectivity index (χ1) is 10.8. The molecule has 1 fully saturated rings. The average molecular weight is 370 g/mol. The molecular formula is C16H21Cl2N5O. The molecule has 1 aromatic carbocycles. The minimum absolute atomic E-state index is 0. The molecule has 24 heavy (non-hydrogen) atoms. The Kier molecular flexibility index (Phi) is 6.21. The van der Waals surface area contributed by atoms with Crippen LogP contribution in [-0.4, -0.2) is 45.2 Å². The van der Waals surface area contributed by atoms with Crippen molar-refractivity contribution in [2.75, 3.05) is 19.6 Å². The number of nitrogens with one attached hydrogen (secondary N) is 1. The molecule has 4 rings (SSSR count). The lowest BCUT2D eigenvalue weighted by atomic mass is 10.1. The number of halogens is 2. The molecule has 0 spiro atoms. The highest BCUT2D eigenvalue weighted by atomic mass is 35.5. The summed E-state index contributed by atoms with van der Waals surface area (Å²) >= 11 is 0. The molecular weight excluding hydrogens is 349 g/mol. The van der Waals surface area contributed by atoms with Crippen LogP contribution in [0.25, 0.3) is 11.4 Å². The Morgan fingerprint density at radius 3 is 2.62 bits per heavy atom. The lowest BCUT2D eigenvalue weighted by Gasteiger charge is -2.29. The molecule has 0 aliphatic carbocycles. The van der Waals surface area contributed by atoms with Crippen molar-refractivity contribution in [1.82, 2.24) is 25.0 Å². The zero-order valence-electron chi connectivity index (χ0n) is 13.2. The van der Waals surface area contributed by atoms with Gasteiger partial charge in [-0.15, -0.1) is 35.0 Å². The van der Waals surface area contributed by atoms with Crippen LogP contribution in [0.5, 0.6) is 0 Å². The van der Waals surface area contributed by atoms with Gasteiger partial charge in [-0.3, -0.25) is 4.79 Å². The van der Waals surface area contributed by atoms with E-state index in [4.69, 9.17) is 0 Å². The van der Waals surface area contributed by atoms with Gasteiger partial charge in [0.2, 0.25) is 5.91 Å². The van der Waals surface area contributed by atoms with E-state index in [0.717, 1.165) is 49.8 Å². The van der Waals surface area contributed by atoms with E-state index in [1.54, 1.807) is 0 Å². The van der Waals surface area contributed by atoms with Crippen molar-refractivity contribution in [2.45, 2.75) is 19.5 Å². The molecule has 1 aromatic heterocycles. The number of hydrogen-bond donors (Lipinski definition) is 1. The maximum absolute atomic E-state index is 12.5. The van der Waals surface area contributed by atoms with E-state index < -0.39 is 0 Å². The molecule has 1 unspecified atom stereocenters. The quantitative estimate of drug-likeness (QED) is 0.875. The van der Waals surface area contributed by atoms with Crippen molar-refractivity contribution in [2.24, 2.45) is 5.92 Å². The first kappa shape index (κ1) is 18.7. The Morgan fingerprint density at radius 2 is 1.92 bits per heavy atom. The number of hydrogen-bond acceptors (Lipinski definition) is 4. The van der Waals surface area contributed by atoms with Gasteiger partial charge in [0, 0.05) is 25.2 Å². The average Bonchev–Trinajstić information content (AvgIpc) is 3.24. The van der Waals surface area contributed by atoms with Crippen LogP contribution in [-0.2, 0) is 17.9 Å². The van der Waals surface area contributed by atoms with Gasteiger partial charge in [-0.05, 0) is 13.0 Å². The second-order valence-corrected chi connectivity index (χ2v) is 5.91. The summed E-state index contributed by atoms with van der Waals surface area (Å²) in [7, 11) is 0. The monoisotopic (exact) mass is 369 g/mol. The molecule has 8 heteroatoms. The normalized spacial score (nSPS) is 19.2. The Morgan fingerprint density at radius 1 is 1.12 bits per heavy atom. The van der Waals surface area contributed by atoms with Crippen LogP contribution >= 0.6 is 24.8 Å². The Labute approximate surface area is 153 Å². The van der Waals surface area contributed by atoms with Crippen molar-refractivity contribution in [3.8, 4) is 11.4 Å². The summed E-state index contributed by atoms with van der Waals surface area (Å²) < 4.78 is 2.13. The van der Waals surface area contributed by atoms with Crippen LogP contribution in [0, 0.1) is 5.92 Å². The largest absolute Gasteiger partial charge is 0.333 e. The van der Waals surface area contributed by atoms with Crippen LogP contribution < -0.4 is 5.32 Å². The fraction of sp³-hybridized carbons (Fsp3) is 0.438. The number of nitrogens with zero attached hydrogens (tertiary/aromatic N) is 4. The standard InChI is InChI=1S/C16H19N5O.2ClH/c22-16(13-6-7-17-10-13)20-8-9-21-14(11-20)18-19-15(21)12-4-2-1-3-5-12;;/h1-5,13,17H,6-11H2;2*1H. The van der Waals surface area contributed by atoms with Crippen molar-refractivity contribution < 1.29 is 4.79 Å². The number of amides is 1. The smallest absolute Gasteiger partial charge is 0.227 e. The third kappa shape index (κ3) is 3.41. The van der Waals surface area contributed by atoms with Crippen molar-refractivity contribution in [3.63, 3.8) is 0 Å². The van der Waals surface area contributed by atoms with Crippen molar-refractivity contribution >= 4 is 30.7 Å². The minimum atomic E-state index is 0. The lowest BCUT2D eigenvalue weighted by Crippen LogP contribution is -2.42. The third-order valence-electron chi connectivity index (χ3n) is 4.51. The summed E-state index contributed by atoms with van der Waals surface area (Å²) in [5.41, 5.74) is 1.07. The fourth-order valence-electron chi connectivity index (χ4n) is 3.27. The highest BCUT2D eigenvalue weighted by molar-refractivity contribution is 5.85. The van der Waals surface area contributed by atoms with E-state index >= 15 is 0 Å². The van der Waals surface area contributed by atoms with E-state index in [2.05, 4.69) is 20.1 Å². The molecule has 1 atom stereocenters. The molecule has 2 aromatic rings. The summed E-state index contributed by atoms with van der Waals surface area (Å²) in [5, 5.41) is 11.9. The molecule has 2 aliphatic rings. The van der Waals surface area contributed by atoms with Gasteiger partial charge in [0.1, 0.15) is 0 Å². The number of rotatable bonds is 2. The van der Waals surface area contributed by atoms with Crippen LogP contribution in [0.2, 0.25) is 0 Å². The van der Waals surface area contributed by atoms with Gasteiger partial charge < -0.3 is 14.8 Å². The van der Waals surface area contributed by atoms with Crippen molar-refractivity contribution in [1.29, 1.82) is 0 Å². The molecule has 1 N–H and O–H groups in total. The maximum Gasteiger partial charge on any atom is 0.227 e. The van der Waals surface area contributed by atoms with Crippen molar-refractivity contribution in [3.05, 3.63) is 36.2 Å². The predicted molar refractivity (Wildman–Crippen MR) is 96.3 cm³/mol. The molecule has 0 radical (unpaired) electrons. The molecule has 130 valence electrons. The van der Waals surface area contributed by atoms with E-state index in [9.17, 15) is 4.79 Å². The second-order valence-electron chi connectivity index (χ2n) is 5.91. The topological polar surface area (TPSA) is 63.1 Å². The molecule has 3 heterocycles. The summed E-state index contributed by atoms with van der Waals surface area (Å²) in [4.78, 5) is 14.4. The molecule has 2 aliphatic heterocycles. The van der Waals surface area contributed by atoms with Gasteiger partial charge in [0.05, 0.1) is 12.5 Å². The van der Waals surface area contributed by atoms with Crippen LogP contribution in [0.3, 0.4) is 0 Å². The van der Waals surface area contributed by atoms with Gasteiger partial charge in [-0.1, -0.05) is 30.3 Å². The first-order valence-corrected chi connectivity index (χ1v) is 7.80. The van der Waals surface area contributed by atoms with E-state index in [0.29, 0.717) is 6.54 Å². The molecule has 0 bridgehead atoms. The second kappa shape index (κ2) is 7.96. The summed E-state index contributed by atoms with van der Waals surface area (Å²) in [5.74, 6) is 2.15. The fourth-order valence-corrected chi connectivity index (χ4v) is 3.27. The number of benzene rings is 1. The predicted octanol–water partition coefficient (Wildman–Crippen LogP) is 1.74. The van der Waals surface area contributed by atoms with Gasteiger partial charge in [-0.2, -0.15) is 0 Å². The lowest BCUT2D eigenvalue weighted by molar-refractivity contribution is -0.136. The number of aromatic nitrogens is 3. The molecule has 1 amide bonds. The summed E-state index contributed by atoms with van der Waals surface area (Å²) in [6.45, 7) is 3.81. The van der Waals surface area contributed by atoms with E-state index in [1.807, 2.05) is 35.2 Å². The highest BCUT2D eigenvalue weighted by Gasteiger charge is 2.30. The van der Waals surface area contributed by atoms with Crippen LogP contribution in [0.15, 0.2) is 30.3 Å². The molecule has 1 saturated heterocycles. The SMILES string of the molecule is Cl.Cl.O=C(C1CCNC1)N1CCn2c(nnc2-c2ccccc2)C1. The van der Waals surface area contributed by atoms with E-state index in [1.165, 1.54) is 0 Å². The van der Waals surface area contributed by atoms with Gasteiger partial charge >= 0.3 is 0 Å². The minimum Gasteiger partial charge on any atom is -0.333 e. The van der Waals surface area contributed by atoms with Gasteiger partial charge in [0.15, 0.2) is 11.6 Å². The first-order valence-electron chi connectivity index (χ1n) is 7.80. The van der Waals surface area contributed by atoms with Crippen LogP contribution in [0.4, 0.5) is 0 Å². The Hall–Kier alpha value is -1.63.